The molecule has 0 saturated carbocycles. The molecule has 8 heteroatoms. The summed E-state index contributed by atoms with van der Waals surface area (Å²) >= 11 is 11.8. The highest BCUT2D eigenvalue weighted by Crippen LogP contribution is 2.27. The van der Waals surface area contributed by atoms with Crippen LogP contribution in [0.15, 0.2) is 71.9 Å². The quantitative estimate of drug-likeness (QED) is 0.469. The molecule has 0 spiro atoms. The maximum absolute atomic E-state index is 12.7. The molecule has 0 radical (unpaired) electrons. The van der Waals surface area contributed by atoms with Crippen LogP contribution < -0.4 is 4.72 Å². The van der Waals surface area contributed by atoms with Crippen molar-refractivity contribution in [2.24, 2.45) is 0 Å². The lowest BCUT2D eigenvalue weighted by molar-refractivity contribution is 0.601. The van der Waals surface area contributed by atoms with Crippen molar-refractivity contribution in [1.82, 2.24) is 9.38 Å². The Balaban J connectivity index is 1.67. The summed E-state index contributed by atoms with van der Waals surface area (Å²) in [4.78, 5) is 4.65. The van der Waals surface area contributed by atoms with Crippen LogP contribution in [0.3, 0.4) is 0 Å². The third-order valence-electron chi connectivity index (χ3n) is 4.23. The molecule has 0 amide bonds. The summed E-state index contributed by atoms with van der Waals surface area (Å²) in [5.74, 6) is 0. The van der Waals surface area contributed by atoms with Gasteiger partial charge in [0.05, 0.1) is 20.6 Å². The molecule has 0 atom stereocenters. The molecule has 28 heavy (non-hydrogen) atoms. The number of aromatic nitrogens is 2. The molecule has 5 nitrogen and oxygen atoms in total. The van der Waals surface area contributed by atoms with Crippen LogP contribution in [0.1, 0.15) is 5.56 Å². The number of fused-ring (bicyclic) bond motifs is 1. The van der Waals surface area contributed by atoms with Crippen LogP contribution in [0.4, 0.5) is 5.69 Å². The average Bonchev–Trinajstić information content (AvgIpc) is 3.07. The molecule has 0 aliphatic carbocycles. The lowest BCUT2D eigenvalue weighted by Gasteiger charge is -2.09. The van der Waals surface area contributed by atoms with Crippen molar-refractivity contribution in [1.29, 1.82) is 0 Å². The molecule has 142 valence electrons. The second kappa shape index (κ2) is 7.13. The van der Waals surface area contributed by atoms with Crippen molar-refractivity contribution < 1.29 is 8.42 Å². The number of hydrogen-bond donors (Lipinski definition) is 1. The third-order valence-corrected chi connectivity index (χ3v) is 6.35. The van der Waals surface area contributed by atoms with Gasteiger partial charge in [-0.3, -0.25) is 4.72 Å². The molecule has 2 aromatic heterocycles. The molecule has 1 N–H and O–H groups in total. The van der Waals surface area contributed by atoms with Crippen LogP contribution in [0.25, 0.3) is 16.9 Å². The molecule has 2 aromatic carbocycles. The summed E-state index contributed by atoms with van der Waals surface area (Å²) in [5.41, 5.74) is 3.93. The molecule has 0 aliphatic heterocycles. The van der Waals surface area contributed by atoms with E-state index in [2.05, 4.69) is 9.71 Å². The minimum atomic E-state index is -3.80. The monoisotopic (exact) mass is 431 g/mol. The van der Waals surface area contributed by atoms with E-state index in [1.807, 2.05) is 41.9 Å². The molecular weight excluding hydrogens is 417 g/mol. The van der Waals surface area contributed by atoms with Gasteiger partial charge in [-0.05, 0) is 55.0 Å². The van der Waals surface area contributed by atoms with Crippen molar-refractivity contribution >= 4 is 44.6 Å². The predicted octanol–water partition coefficient (Wildman–Crippen LogP) is 5.42. The van der Waals surface area contributed by atoms with E-state index in [1.54, 1.807) is 18.2 Å². The Hall–Kier alpha value is -2.54. The molecule has 0 fully saturated rings. The van der Waals surface area contributed by atoms with Crippen molar-refractivity contribution in [2.45, 2.75) is 11.8 Å². The fourth-order valence-corrected chi connectivity index (χ4v) is 4.26. The second-order valence-electron chi connectivity index (χ2n) is 6.36. The van der Waals surface area contributed by atoms with Gasteiger partial charge in [-0.1, -0.05) is 35.3 Å². The number of anilines is 1. The van der Waals surface area contributed by atoms with Crippen LogP contribution in [-0.2, 0) is 10.0 Å². The average molecular weight is 432 g/mol. The molecule has 0 unspecified atom stereocenters. The largest absolute Gasteiger partial charge is 0.306 e. The zero-order valence-corrected chi connectivity index (χ0v) is 17.1. The van der Waals surface area contributed by atoms with Gasteiger partial charge in [0.15, 0.2) is 0 Å². The van der Waals surface area contributed by atoms with Crippen molar-refractivity contribution in [3.05, 3.63) is 82.6 Å². The minimum absolute atomic E-state index is 0.0375. The lowest BCUT2D eigenvalue weighted by Crippen LogP contribution is -2.12. The van der Waals surface area contributed by atoms with E-state index < -0.39 is 10.0 Å². The molecule has 0 aliphatic rings. The topological polar surface area (TPSA) is 63.5 Å². The Bertz CT molecular complexity index is 1300. The number of nitrogens with one attached hydrogen (secondary N) is 1. The maximum atomic E-state index is 12.7. The summed E-state index contributed by atoms with van der Waals surface area (Å²) in [6.45, 7) is 2.01. The number of sulfonamides is 1. The van der Waals surface area contributed by atoms with Gasteiger partial charge in [-0.25, -0.2) is 13.4 Å². The summed E-state index contributed by atoms with van der Waals surface area (Å²) in [5, 5.41) is 0.475. The Morgan fingerprint density at radius 1 is 1.00 bits per heavy atom. The zero-order chi connectivity index (χ0) is 19.9. The predicted molar refractivity (Wildman–Crippen MR) is 113 cm³/mol. The van der Waals surface area contributed by atoms with Gasteiger partial charge in [0.2, 0.25) is 0 Å². The van der Waals surface area contributed by atoms with Gasteiger partial charge in [0.1, 0.15) is 5.65 Å². The summed E-state index contributed by atoms with van der Waals surface area (Å²) in [6.07, 6.45) is 3.85. The molecular formula is C20H15Cl2N3O2S. The number of benzene rings is 2. The normalized spacial score (nSPS) is 11.7. The number of halogens is 2. The smallest absolute Gasteiger partial charge is 0.261 e. The van der Waals surface area contributed by atoms with Gasteiger partial charge in [-0.2, -0.15) is 0 Å². The van der Waals surface area contributed by atoms with Crippen LogP contribution >= 0.6 is 23.2 Å². The molecule has 4 aromatic rings. The van der Waals surface area contributed by atoms with E-state index in [-0.39, 0.29) is 9.92 Å². The maximum Gasteiger partial charge on any atom is 0.261 e. The van der Waals surface area contributed by atoms with Gasteiger partial charge < -0.3 is 4.40 Å². The summed E-state index contributed by atoms with van der Waals surface area (Å²) < 4.78 is 29.8. The van der Waals surface area contributed by atoms with E-state index in [9.17, 15) is 8.42 Å². The molecule has 2 heterocycles. The summed E-state index contributed by atoms with van der Waals surface area (Å²) in [7, 11) is -3.80. The SMILES string of the molecule is Cc1ccn2cc(-c3cccc(NS(=O)(=O)c4ccc(Cl)c(Cl)c4)c3)nc2c1. The number of hydrogen-bond acceptors (Lipinski definition) is 3. The number of imidazole rings is 1. The number of aryl methyl sites for hydroxylation is 1. The van der Waals surface area contributed by atoms with E-state index in [0.717, 1.165) is 22.5 Å². The first-order chi connectivity index (χ1) is 13.3. The van der Waals surface area contributed by atoms with Gasteiger partial charge in [0.25, 0.3) is 10.0 Å². The number of nitrogens with zero attached hydrogens (tertiary/aromatic N) is 2. The van der Waals surface area contributed by atoms with Crippen LogP contribution in [0, 0.1) is 6.92 Å². The standard InChI is InChI=1S/C20H15Cl2N3O2S/c1-13-7-8-25-12-19(23-20(25)9-13)14-3-2-4-15(10-14)24-28(26,27)16-5-6-17(21)18(22)11-16/h2-12,24H,1H3. The molecule has 0 bridgehead atoms. The van der Waals surface area contributed by atoms with Crippen LogP contribution in [-0.4, -0.2) is 17.8 Å². The van der Waals surface area contributed by atoms with E-state index in [0.29, 0.717) is 10.7 Å². The molecule has 0 saturated heterocycles. The Kier molecular flexibility index (Phi) is 4.79. The fraction of sp³-hybridized carbons (Fsp3) is 0.0500. The number of pyridine rings is 1. The van der Waals surface area contributed by atoms with Gasteiger partial charge >= 0.3 is 0 Å². The van der Waals surface area contributed by atoms with E-state index >= 15 is 0 Å². The highest BCUT2D eigenvalue weighted by atomic mass is 35.5. The van der Waals surface area contributed by atoms with Crippen molar-refractivity contribution in [3.63, 3.8) is 0 Å². The second-order valence-corrected chi connectivity index (χ2v) is 8.85. The highest BCUT2D eigenvalue weighted by molar-refractivity contribution is 7.92. The van der Waals surface area contributed by atoms with Gasteiger partial charge in [-0.15, -0.1) is 0 Å². The molecule has 4 rings (SSSR count). The van der Waals surface area contributed by atoms with E-state index in [1.165, 1.54) is 18.2 Å². The van der Waals surface area contributed by atoms with Crippen molar-refractivity contribution in [3.8, 4) is 11.3 Å². The number of rotatable bonds is 4. The van der Waals surface area contributed by atoms with Crippen LogP contribution in [0.2, 0.25) is 10.0 Å². The fourth-order valence-electron chi connectivity index (χ4n) is 2.82. The van der Waals surface area contributed by atoms with Crippen LogP contribution in [0.5, 0.6) is 0 Å². The first-order valence-electron chi connectivity index (χ1n) is 8.35. The summed E-state index contributed by atoms with van der Waals surface area (Å²) in [6, 6.07) is 15.2. The lowest BCUT2D eigenvalue weighted by atomic mass is 10.1. The Labute approximate surface area is 172 Å². The minimum Gasteiger partial charge on any atom is -0.306 e. The third kappa shape index (κ3) is 3.71. The van der Waals surface area contributed by atoms with E-state index in [4.69, 9.17) is 23.2 Å². The Morgan fingerprint density at radius 3 is 2.61 bits per heavy atom. The van der Waals surface area contributed by atoms with Crippen molar-refractivity contribution in [2.75, 3.05) is 4.72 Å². The zero-order valence-electron chi connectivity index (χ0n) is 14.7. The highest BCUT2D eigenvalue weighted by Gasteiger charge is 2.16. The first-order valence-corrected chi connectivity index (χ1v) is 10.6. The first kappa shape index (κ1) is 18.8. The Morgan fingerprint density at radius 2 is 1.82 bits per heavy atom. The van der Waals surface area contributed by atoms with Gasteiger partial charge in [0, 0.05) is 23.6 Å².